The van der Waals surface area contributed by atoms with Crippen molar-refractivity contribution in [3.05, 3.63) is 83.6 Å². The summed E-state index contributed by atoms with van der Waals surface area (Å²) < 4.78 is 16.1. The maximum Gasteiger partial charge on any atom is 0.315 e. The topological polar surface area (TPSA) is 82.1 Å². The summed E-state index contributed by atoms with van der Waals surface area (Å²) in [7, 11) is 3.24. The Morgan fingerprint density at radius 3 is 1.68 bits per heavy atom. The van der Waals surface area contributed by atoms with Crippen LogP contribution in [0.4, 0.5) is 0 Å². The number of carbonyl (C=O) groups excluding carboxylic acids is 3. The largest absolute Gasteiger partial charge is 0.497 e. The highest BCUT2D eigenvalue weighted by Gasteiger charge is 2.27. The highest BCUT2D eigenvalue weighted by atomic mass is 16.5. The van der Waals surface area contributed by atoms with Gasteiger partial charge < -0.3 is 19.1 Å². The molecule has 2 aromatic carbocycles. The maximum absolute atomic E-state index is 12.7. The van der Waals surface area contributed by atoms with Gasteiger partial charge in [0.1, 0.15) is 19.0 Å². The molecule has 7 heteroatoms. The second-order valence-corrected chi connectivity index (χ2v) is 9.96. The van der Waals surface area contributed by atoms with E-state index in [9.17, 15) is 14.4 Å². The predicted molar refractivity (Wildman–Crippen MR) is 143 cm³/mol. The van der Waals surface area contributed by atoms with Crippen LogP contribution in [0.25, 0.3) is 6.08 Å². The van der Waals surface area contributed by atoms with Gasteiger partial charge in [-0.2, -0.15) is 0 Å². The first kappa shape index (κ1) is 29.4. The average molecular weight is 508 g/mol. The van der Waals surface area contributed by atoms with E-state index in [4.69, 9.17) is 14.2 Å². The Labute approximate surface area is 219 Å². The van der Waals surface area contributed by atoms with Gasteiger partial charge >= 0.3 is 11.9 Å². The van der Waals surface area contributed by atoms with Gasteiger partial charge in [0.25, 0.3) is 0 Å². The normalized spacial score (nSPS) is 12.0. The smallest absolute Gasteiger partial charge is 0.315 e. The molecule has 7 nitrogen and oxygen atoms in total. The van der Waals surface area contributed by atoms with Crippen molar-refractivity contribution in [3.63, 3.8) is 0 Å². The Kier molecular flexibility index (Phi) is 10.2. The number of carbonyl (C=O) groups is 3. The minimum absolute atomic E-state index is 0.113. The van der Waals surface area contributed by atoms with Gasteiger partial charge in [0.05, 0.1) is 17.9 Å². The number of esters is 2. The number of amides is 1. The highest BCUT2D eigenvalue weighted by molar-refractivity contribution is 5.80. The fraction of sp³-hybridized carbons (Fsp3) is 0.367. The number of hydrogen-bond donors (Lipinski definition) is 0. The van der Waals surface area contributed by atoms with E-state index in [0.29, 0.717) is 0 Å². The molecule has 0 atom stereocenters. The molecule has 0 aliphatic heterocycles. The monoisotopic (exact) mass is 507 g/mol. The van der Waals surface area contributed by atoms with Crippen molar-refractivity contribution in [2.45, 2.75) is 47.8 Å². The SMILES string of the molecule is COc1ccc(/C=C/C(C)(C)C(=O)OCc2ccc(COC(=O)C(C)(C)/C=C/N(C)C(C)=O)cc2)cc1. The van der Waals surface area contributed by atoms with Crippen LogP contribution >= 0.6 is 0 Å². The van der Waals surface area contributed by atoms with Crippen LogP contribution < -0.4 is 4.74 Å². The zero-order valence-corrected chi connectivity index (χ0v) is 22.7. The summed E-state index contributed by atoms with van der Waals surface area (Å²) in [4.78, 5) is 37.9. The molecule has 0 heterocycles. The number of ether oxygens (including phenoxy) is 3. The summed E-state index contributed by atoms with van der Waals surface area (Å²) >= 11 is 0. The van der Waals surface area contributed by atoms with Gasteiger partial charge in [-0.3, -0.25) is 14.4 Å². The predicted octanol–water partition coefficient (Wildman–Crippen LogP) is 5.54. The van der Waals surface area contributed by atoms with Gasteiger partial charge in [0.2, 0.25) is 5.91 Å². The molecule has 0 bridgehead atoms. The second-order valence-electron chi connectivity index (χ2n) is 9.96. The van der Waals surface area contributed by atoms with E-state index in [-0.39, 0.29) is 25.1 Å². The standard InChI is InChI=1S/C30H37NO6/c1-22(32)31(6)19-18-30(4,5)28(34)37-21-25-10-8-24(9-11-25)20-36-27(33)29(2,3)17-16-23-12-14-26(35-7)15-13-23/h8-19H,20-21H2,1-7H3/b17-16+,19-18+. The van der Waals surface area contributed by atoms with E-state index in [0.717, 1.165) is 22.4 Å². The van der Waals surface area contributed by atoms with E-state index >= 15 is 0 Å². The van der Waals surface area contributed by atoms with E-state index in [1.165, 1.54) is 11.8 Å². The van der Waals surface area contributed by atoms with Crippen LogP contribution in [0.15, 0.2) is 66.9 Å². The highest BCUT2D eigenvalue weighted by Crippen LogP contribution is 2.23. The van der Waals surface area contributed by atoms with Crippen LogP contribution in [0.1, 0.15) is 51.3 Å². The molecule has 0 spiro atoms. The lowest BCUT2D eigenvalue weighted by molar-refractivity contribution is -0.153. The van der Waals surface area contributed by atoms with Crippen molar-refractivity contribution in [1.82, 2.24) is 4.90 Å². The van der Waals surface area contributed by atoms with Crippen molar-refractivity contribution < 1.29 is 28.6 Å². The Morgan fingerprint density at radius 1 is 0.784 bits per heavy atom. The van der Waals surface area contributed by atoms with Crippen molar-refractivity contribution in [1.29, 1.82) is 0 Å². The van der Waals surface area contributed by atoms with Gasteiger partial charge in [0, 0.05) is 20.2 Å². The molecule has 2 aromatic rings. The number of benzene rings is 2. The molecule has 0 aromatic heterocycles. The molecule has 198 valence electrons. The molecule has 0 aliphatic rings. The summed E-state index contributed by atoms with van der Waals surface area (Å²) in [6.07, 6.45) is 6.91. The molecule has 37 heavy (non-hydrogen) atoms. The lowest BCUT2D eigenvalue weighted by Crippen LogP contribution is -2.26. The quantitative estimate of drug-likeness (QED) is 0.372. The molecule has 1 amide bonds. The molecule has 0 N–H and O–H groups in total. The Bertz CT molecular complexity index is 1130. The summed E-state index contributed by atoms with van der Waals surface area (Å²) in [6.45, 7) is 8.77. The van der Waals surface area contributed by atoms with Crippen LogP contribution in [0, 0.1) is 10.8 Å². The number of methoxy groups -OCH3 is 1. The molecule has 2 rings (SSSR count). The first-order chi connectivity index (χ1) is 17.3. The number of hydrogen-bond acceptors (Lipinski definition) is 6. The molecule has 0 fully saturated rings. The first-order valence-corrected chi connectivity index (χ1v) is 12.0. The molecule has 0 unspecified atom stereocenters. The number of nitrogens with zero attached hydrogens (tertiary/aromatic N) is 1. The van der Waals surface area contributed by atoms with Crippen molar-refractivity contribution in [2.75, 3.05) is 14.2 Å². The van der Waals surface area contributed by atoms with Crippen molar-refractivity contribution >= 4 is 23.9 Å². The van der Waals surface area contributed by atoms with E-state index in [1.807, 2.05) is 74.5 Å². The lowest BCUT2D eigenvalue weighted by atomic mass is 9.92. The third-order valence-corrected chi connectivity index (χ3v) is 5.83. The van der Waals surface area contributed by atoms with Crippen LogP contribution in [0.2, 0.25) is 0 Å². The number of rotatable bonds is 11. The summed E-state index contributed by atoms with van der Waals surface area (Å²) in [6, 6.07) is 14.9. The van der Waals surface area contributed by atoms with Gasteiger partial charge in [-0.15, -0.1) is 0 Å². The van der Waals surface area contributed by atoms with Gasteiger partial charge in [-0.25, -0.2) is 0 Å². The van der Waals surface area contributed by atoms with E-state index < -0.39 is 16.8 Å². The molecule has 0 radical (unpaired) electrons. The first-order valence-electron chi connectivity index (χ1n) is 12.0. The zero-order valence-electron chi connectivity index (χ0n) is 22.7. The Morgan fingerprint density at radius 2 is 1.24 bits per heavy atom. The fourth-order valence-corrected chi connectivity index (χ4v) is 2.96. The molecule has 0 saturated carbocycles. The Hall–Kier alpha value is -3.87. The lowest BCUT2D eigenvalue weighted by Gasteiger charge is -2.20. The van der Waals surface area contributed by atoms with Crippen molar-refractivity contribution in [2.24, 2.45) is 10.8 Å². The average Bonchev–Trinajstić information content (AvgIpc) is 2.88. The third-order valence-electron chi connectivity index (χ3n) is 5.83. The molecular formula is C30H37NO6. The van der Waals surface area contributed by atoms with Gasteiger partial charge in [-0.1, -0.05) is 54.6 Å². The van der Waals surface area contributed by atoms with Crippen LogP contribution in [-0.2, 0) is 37.1 Å². The van der Waals surface area contributed by atoms with Crippen LogP contribution in [0.3, 0.4) is 0 Å². The van der Waals surface area contributed by atoms with Crippen molar-refractivity contribution in [3.8, 4) is 5.75 Å². The maximum atomic E-state index is 12.7. The van der Waals surface area contributed by atoms with Crippen LogP contribution in [0.5, 0.6) is 5.75 Å². The third kappa shape index (κ3) is 9.26. The Balaban J connectivity index is 1.86. The summed E-state index contributed by atoms with van der Waals surface area (Å²) in [5.74, 6) is -0.0837. The zero-order chi connectivity index (χ0) is 27.6. The van der Waals surface area contributed by atoms with Gasteiger partial charge in [-0.05, 0) is 56.5 Å². The second kappa shape index (κ2) is 12.9. The van der Waals surface area contributed by atoms with E-state index in [2.05, 4.69) is 0 Å². The molecular weight excluding hydrogens is 470 g/mol. The fourth-order valence-electron chi connectivity index (χ4n) is 2.96. The minimum Gasteiger partial charge on any atom is -0.497 e. The van der Waals surface area contributed by atoms with Crippen LogP contribution in [-0.4, -0.2) is 36.9 Å². The molecule has 0 aliphatic carbocycles. The minimum atomic E-state index is -0.882. The molecule has 0 saturated heterocycles. The summed E-state index contributed by atoms with van der Waals surface area (Å²) in [5, 5.41) is 0. The summed E-state index contributed by atoms with van der Waals surface area (Å²) in [5.41, 5.74) is 0.919. The van der Waals surface area contributed by atoms with Gasteiger partial charge in [0.15, 0.2) is 0 Å². The van der Waals surface area contributed by atoms with E-state index in [1.54, 1.807) is 40.3 Å².